The van der Waals surface area contributed by atoms with Crippen LogP contribution in [0.5, 0.6) is 5.75 Å². The number of aromatic carboxylic acids is 1. The number of rotatable bonds is 6. The Morgan fingerprint density at radius 2 is 2.30 bits per heavy atom. The van der Waals surface area contributed by atoms with Gasteiger partial charge in [0.2, 0.25) is 0 Å². The maximum Gasteiger partial charge on any atom is 0.339 e. The maximum absolute atomic E-state index is 11.1. The molecule has 106 valence electrons. The van der Waals surface area contributed by atoms with Gasteiger partial charge >= 0.3 is 5.97 Å². The van der Waals surface area contributed by atoms with Crippen molar-refractivity contribution in [1.82, 2.24) is 14.8 Å². The van der Waals surface area contributed by atoms with Crippen molar-refractivity contribution in [3.63, 3.8) is 0 Å². The van der Waals surface area contributed by atoms with Crippen LogP contribution in [0.1, 0.15) is 29.5 Å². The Bertz CT molecular complexity index is 609. The van der Waals surface area contributed by atoms with Gasteiger partial charge in [0.05, 0.1) is 0 Å². The van der Waals surface area contributed by atoms with Crippen LogP contribution in [0.2, 0.25) is 0 Å². The van der Waals surface area contributed by atoms with Crippen LogP contribution in [0.3, 0.4) is 0 Å². The van der Waals surface area contributed by atoms with E-state index >= 15 is 0 Å². The molecule has 0 fully saturated rings. The fourth-order valence-corrected chi connectivity index (χ4v) is 1.78. The first-order valence-corrected chi connectivity index (χ1v) is 6.24. The van der Waals surface area contributed by atoms with Crippen LogP contribution in [-0.4, -0.2) is 25.8 Å². The Morgan fingerprint density at radius 3 is 3.00 bits per heavy atom. The number of hydrogen-bond acceptors (Lipinski definition) is 5. The SMILES string of the molecule is CCCn1ncnc1COc1cc(N)ccc1C(=O)O. The lowest BCUT2D eigenvalue weighted by Crippen LogP contribution is -2.10. The third-order valence-corrected chi connectivity index (χ3v) is 2.72. The molecule has 20 heavy (non-hydrogen) atoms. The summed E-state index contributed by atoms with van der Waals surface area (Å²) in [5, 5.41) is 13.2. The Balaban J connectivity index is 2.16. The van der Waals surface area contributed by atoms with Gasteiger partial charge in [-0.1, -0.05) is 6.92 Å². The molecule has 0 saturated carbocycles. The minimum Gasteiger partial charge on any atom is -0.485 e. The number of ether oxygens (including phenoxy) is 1. The predicted octanol–water partition coefficient (Wildman–Crippen LogP) is 1.55. The highest BCUT2D eigenvalue weighted by Crippen LogP contribution is 2.22. The predicted molar refractivity (Wildman–Crippen MR) is 72.5 cm³/mol. The van der Waals surface area contributed by atoms with Crippen LogP contribution >= 0.6 is 0 Å². The molecule has 0 atom stereocenters. The van der Waals surface area contributed by atoms with E-state index in [2.05, 4.69) is 10.1 Å². The van der Waals surface area contributed by atoms with E-state index in [1.807, 2.05) is 6.92 Å². The molecule has 3 N–H and O–H groups in total. The van der Waals surface area contributed by atoms with Crippen LogP contribution in [0, 0.1) is 0 Å². The van der Waals surface area contributed by atoms with Gasteiger partial charge in [-0.05, 0) is 18.6 Å². The molecule has 0 bridgehead atoms. The average molecular weight is 276 g/mol. The van der Waals surface area contributed by atoms with Crippen LogP contribution in [0.15, 0.2) is 24.5 Å². The van der Waals surface area contributed by atoms with Crippen LogP contribution in [-0.2, 0) is 13.2 Å². The minimum absolute atomic E-state index is 0.0701. The van der Waals surface area contributed by atoms with Crippen LogP contribution in [0.25, 0.3) is 0 Å². The van der Waals surface area contributed by atoms with Crippen molar-refractivity contribution in [2.75, 3.05) is 5.73 Å². The maximum atomic E-state index is 11.1. The summed E-state index contributed by atoms with van der Waals surface area (Å²) >= 11 is 0. The number of nitrogen functional groups attached to an aromatic ring is 1. The van der Waals surface area contributed by atoms with Gasteiger partial charge in [-0.15, -0.1) is 0 Å². The summed E-state index contributed by atoms with van der Waals surface area (Å²) in [6.07, 6.45) is 2.38. The summed E-state index contributed by atoms with van der Waals surface area (Å²) < 4.78 is 7.26. The number of nitrogens with zero attached hydrogens (tertiary/aromatic N) is 3. The number of carboxylic acids is 1. The number of nitrogens with two attached hydrogens (primary N) is 1. The number of aryl methyl sites for hydroxylation is 1. The number of hydrogen-bond donors (Lipinski definition) is 2. The van der Waals surface area contributed by atoms with E-state index in [1.54, 1.807) is 4.68 Å². The molecule has 0 unspecified atom stereocenters. The van der Waals surface area contributed by atoms with E-state index in [0.717, 1.165) is 13.0 Å². The van der Waals surface area contributed by atoms with Gasteiger partial charge in [0.15, 0.2) is 5.82 Å². The summed E-state index contributed by atoms with van der Waals surface area (Å²) in [5.41, 5.74) is 6.16. The normalized spacial score (nSPS) is 10.4. The molecule has 1 heterocycles. The zero-order chi connectivity index (χ0) is 14.5. The van der Waals surface area contributed by atoms with Crippen LogP contribution < -0.4 is 10.5 Å². The monoisotopic (exact) mass is 276 g/mol. The first kappa shape index (κ1) is 13.9. The number of anilines is 1. The Hall–Kier alpha value is -2.57. The van der Waals surface area contributed by atoms with E-state index in [4.69, 9.17) is 15.6 Å². The number of carboxylic acid groups (broad SMARTS) is 1. The quantitative estimate of drug-likeness (QED) is 0.776. The Labute approximate surface area is 116 Å². The van der Waals surface area contributed by atoms with Crippen molar-refractivity contribution >= 4 is 11.7 Å². The molecule has 0 aliphatic carbocycles. The second kappa shape index (κ2) is 6.05. The molecule has 0 radical (unpaired) electrons. The van der Waals surface area contributed by atoms with Gasteiger partial charge in [0.1, 0.15) is 24.2 Å². The van der Waals surface area contributed by atoms with Crippen LogP contribution in [0.4, 0.5) is 5.69 Å². The molecule has 1 aromatic carbocycles. The highest BCUT2D eigenvalue weighted by atomic mass is 16.5. The van der Waals surface area contributed by atoms with Crippen molar-refractivity contribution in [3.8, 4) is 5.75 Å². The van der Waals surface area contributed by atoms with Crippen molar-refractivity contribution < 1.29 is 14.6 Å². The smallest absolute Gasteiger partial charge is 0.339 e. The molecule has 0 aliphatic heterocycles. The molecule has 0 saturated heterocycles. The third-order valence-electron chi connectivity index (χ3n) is 2.72. The zero-order valence-electron chi connectivity index (χ0n) is 11.1. The van der Waals surface area contributed by atoms with Crippen molar-refractivity contribution in [2.24, 2.45) is 0 Å². The molecule has 7 nitrogen and oxygen atoms in total. The fourth-order valence-electron chi connectivity index (χ4n) is 1.78. The summed E-state index contributed by atoms with van der Waals surface area (Å²) in [6, 6.07) is 4.43. The second-order valence-electron chi connectivity index (χ2n) is 4.25. The van der Waals surface area contributed by atoms with Gasteiger partial charge in [-0.2, -0.15) is 5.10 Å². The summed E-state index contributed by atoms with van der Waals surface area (Å²) in [5.74, 6) is -0.191. The van der Waals surface area contributed by atoms with Crippen molar-refractivity contribution in [2.45, 2.75) is 26.5 Å². The molecule has 7 heteroatoms. The summed E-state index contributed by atoms with van der Waals surface area (Å²) in [7, 11) is 0. The molecule has 2 aromatic rings. The number of aromatic nitrogens is 3. The van der Waals surface area contributed by atoms with Gasteiger partial charge in [-0.25, -0.2) is 14.5 Å². The highest BCUT2D eigenvalue weighted by Gasteiger charge is 2.13. The Morgan fingerprint density at radius 1 is 1.50 bits per heavy atom. The zero-order valence-corrected chi connectivity index (χ0v) is 11.1. The van der Waals surface area contributed by atoms with E-state index in [9.17, 15) is 4.79 Å². The van der Waals surface area contributed by atoms with Gasteiger partial charge in [-0.3, -0.25) is 0 Å². The number of carbonyl (C=O) groups is 1. The molecule has 0 amide bonds. The first-order chi connectivity index (χ1) is 9.61. The largest absolute Gasteiger partial charge is 0.485 e. The Kier molecular flexibility index (Phi) is 4.19. The molecule has 0 spiro atoms. The highest BCUT2D eigenvalue weighted by molar-refractivity contribution is 5.91. The minimum atomic E-state index is -1.06. The fraction of sp³-hybridized carbons (Fsp3) is 0.308. The average Bonchev–Trinajstić information content (AvgIpc) is 2.84. The van der Waals surface area contributed by atoms with Crippen molar-refractivity contribution in [3.05, 3.63) is 35.9 Å². The molecular formula is C13H16N4O3. The lowest BCUT2D eigenvalue weighted by molar-refractivity contribution is 0.0691. The van der Waals surface area contributed by atoms with Gasteiger partial charge in [0.25, 0.3) is 0 Å². The molecular weight excluding hydrogens is 260 g/mol. The van der Waals surface area contributed by atoms with Gasteiger partial charge < -0.3 is 15.6 Å². The van der Waals surface area contributed by atoms with E-state index in [1.165, 1.54) is 24.5 Å². The summed E-state index contributed by atoms with van der Waals surface area (Å²) in [6.45, 7) is 2.91. The van der Waals surface area contributed by atoms with E-state index < -0.39 is 5.97 Å². The lowest BCUT2D eigenvalue weighted by atomic mass is 10.2. The van der Waals surface area contributed by atoms with E-state index in [-0.39, 0.29) is 17.9 Å². The standard InChI is InChI=1S/C13H16N4O3/c1-2-5-17-12(15-8-16-17)7-20-11-6-9(14)3-4-10(11)13(18)19/h3-4,6,8H,2,5,7,14H2,1H3,(H,18,19). The topological polar surface area (TPSA) is 103 Å². The van der Waals surface area contributed by atoms with E-state index in [0.29, 0.717) is 11.5 Å². The first-order valence-electron chi connectivity index (χ1n) is 6.24. The number of benzene rings is 1. The van der Waals surface area contributed by atoms with Gasteiger partial charge in [0, 0.05) is 18.3 Å². The second-order valence-corrected chi connectivity index (χ2v) is 4.25. The third kappa shape index (κ3) is 3.05. The molecule has 1 aromatic heterocycles. The molecule has 2 rings (SSSR count). The van der Waals surface area contributed by atoms with Crippen molar-refractivity contribution in [1.29, 1.82) is 0 Å². The molecule has 0 aliphatic rings. The summed E-state index contributed by atoms with van der Waals surface area (Å²) in [4.78, 5) is 15.2. The lowest BCUT2D eigenvalue weighted by Gasteiger charge is -2.10.